The van der Waals surface area contributed by atoms with Crippen LogP contribution in [0.3, 0.4) is 0 Å². The molecule has 4 nitrogen and oxygen atoms in total. The fourth-order valence-electron chi connectivity index (χ4n) is 2.97. The summed E-state index contributed by atoms with van der Waals surface area (Å²) < 4.78 is 13.0. The molecule has 4 aromatic rings. The molecular weight excluding hydrogens is 475 g/mol. The highest BCUT2D eigenvalue weighted by atomic mass is 79.9. The number of fused-ring (bicyclic) bond motifs is 1. The number of furan rings is 1. The largest absolute Gasteiger partial charge is 0.493 e. The number of aromatic nitrogens is 2. The number of imidazole rings is 1. The number of nitrogens with one attached hydrogen (secondary N) is 1. The lowest BCUT2D eigenvalue weighted by Gasteiger charge is -2.13. The first-order valence-electron chi connectivity index (χ1n) is 9.13. The zero-order valence-corrected chi connectivity index (χ0v) is 19.2. The quantitative estimate of drug-likeness (QED) is 0.305. The van der Waals surface area contributed by atoms with Crippen molar-refractivity contribution in [1.82, 2.24) is 9.97 Å². The van der Waals surface area contributed by atoms with Crippen molar-refractivity contribution in [2.75, 3.05) is 6.61 Å². The minimum absolute atomic E-state index is 0. The molecule has 152 valence electrons. The van der Waals surface area contributed by atoms with Gasteiger partial charge in [-0.05, 0) is 54.4 Å². The predicted molar refractivity (Wildman–Crippen MR) is 123 cm³/mol. The topological polar surface area (TPSA) is 51.0 Å². The molecule has 4 rings (SSSR count). The van der Waals surface area contributed by atoms with Crippen LogP contribution < -0.4 is 4.74 Å². The lowest BCUT2D eigenvalue weighted by Crippen LogP contribution is -2.06. The molecule has 7 heteroatoms. The molecule has 0 radical (unpaired) electrons. The van der Waals surface area contributed by atoms with E-state index in [-0.39, 0.29) is 12.4 Å². The number of halogens is 3. The second kappa shape index (κ2) is 9.24. The Morgan fingerprint density at radius 3 is 2.76 bits per heavy atom. The molecule has 2 heterocycles. The highest BCUT2D eigenvalue weighted by molar-refractivity contribution is 9.10. The van der Waals surface area contributed by atoms with E-state index in [2.05, 4.69) is 39.7 Å². The molecule has 0 unspecified atom stereocenters. The second-order valence-electron chi connectivity index (χ2n) is 7.15. The van der Waals surface area contributed by atoms with E-state index in [9.17, 15) is 0 Å². The average Bonchev–Trinajstić information content (AvgIpc) is 3.27. The highest BCUT2D eigenvalue weighted by Crippen LogP contribution is 2.29. The van der Waals surface area contributed by atoms with Crippen molar-refractivity contribution in [1.29, 1.82) is 0 Å². The molecule has 0 aliphatic rings. The van der Waals surface area contributed by atoms with Crippen LogP contribution in [0.5, 0.6) is 5.75 Å². The fourth-order valence-corrected chi connectivity index (χ4v) is 3.51. The maximum Gasteiger partial charge on any atom is 0.174 e. The Bertz CT molecular complexity index is 1120. The fraction of sp³-hybridized carbons (Fsp3) is 0.227. The maximum atomic E-state index is 6.20. The lowest BCUT2D eigenvalue weighted by atomic mass is 10.1. The molecule has 0 bridgehead atoms. The maximum absolute atomic E-state index is 6.20. The van der Waals surface area contributed by atoms with Crippen LogP contribution in [0.25, 0.3) is 22.6 Å². The van der Waals surface area contributed by atoms with Crippen LogP contribution in [0.4, 0.5) is 0 Å². The Morgan fingerprint density at radius 2 is 1.97 bits per heavy atom. The van der Waals surface area contributed by atoms with Gasteiger partial charge in [0.1, 0.15) is 11.5 Å². The van der Waals surface area contributed by atoms with Crippen molar-refractivity contribution < 1.29 is 9.15 Å². The number of ether oxygens (including phenoxy) is 1. The van der Waals surface area contributed by atoms with Gasteiger partial charge in [0.2, 0.25) is 0 Å². The van der Waals surface area contributed by atoms with E-state index in [1.165, 1.54) is 0 Å². The molecule has 0 atom stereocenters. The summed E-state index contributed by atoms with van der Waals surface area (Å²) in [6, 6.07) is 15.5. The summed E-state index contributed by atoms with van der Waals surface area (Å²) in [4.78, 5) is 7.92. The first kappa shape index (κ1) is 21.8. The van der Waals surface area contributed by atoms with E-state index in [1.54, 1.807) is 0 Å². The zero-order valence-electron chi connectivity index (χ0n) is 16.0. The smallest absolute Gasteiger partial charge is 0.174 e. The normalized spacial score (nSPS) is 11.1. The SMILES string of the molecule is CC(C)COc1ccc(Cl)cc1Cc1ccc(-c2nc3cc(Br)ccc3[nH]2)o1.Cl. The van der Waals surface area contributed by atoms with Gasteiger partial charge in [-0.3, -0.25) is 0 Å². The third-order valence-corrected chi connectivity index (χ3v) is 5.03. The van der Waals surface area contributed by atoms with E-state index >= 15 is 0 Å². The Labute approximate surface area is 189 Å². The summed E-state index contributed by atoms with van der Waals surface area (Å²) in [5.41, 5.74) is 2.86. The number of nitrogens with zero attached hydrogens (tertiary/aromatic N) is 1. The number of aromatic amines is 1. The van der Waals surface area contributed by atoms with Crippen molar-refractivity contribution in [2.24, 2.45) is 5.92 Å². The molecule has 0 aliphatic carbocycles. The minimum Gasteiger partial charge on any atom is -0.493 e. The van der Waals surface area contributed by atoms with Gasteiger partial charge in [-0.15, -0.1) is 12.4 Å². The van der Waals surface area contributed by atoms with Crippen LogP contribution in [0, 0.1) is 5.92 Å². The minimum atomic E-state index is 0. The molecule has 0 spiro atoms. The summed E-state index contributed by atoms with van der Waals surface area (Å²) in [6.45, 7) is 4.91. The molecule has 0 saturated carbocycles. The van der Waals surface area contributed by atoms with Crippen molar-refractivity contribution in [3.63, 3.8) is 0 Å². The number of hydrogen-bond acceptors (Lipinski definition) is 3. The van der Waals surface area contributed by atoms with Gasteiger partial charge in [0.05, 0.1) is 17.6 Å². The van der Waals surface area contributed by atoms with Gasteiger partial charge in [0.25, 0.3) is 0 Å². The summed E-state index contributed by atoms with van der Waals surface area (Å²) in [5.74, 6) is 3.53. The summed E-state index contributed by atoms with van der Waals surface area (Å²) in [5, 5.41) is 0.682. The van der Waals surface area contributed by atoms with Crippen LogP contribution >= 0.6 is 39.9 Å². The van der Waals surface area contributed by atoms with Gasteiger partial charge in [0.15, 0.2) is 11.6 Å². The summed E-state index contributed by atoms with van der Waals surface area (Å²) in [6.07, 6.45) is 0.597. The Kier molecular flexibility index (Phi) is 6.93. The summed E-state index contributed by atoms with van der Waals surface area (Å²) >= 11 is 9.67. The molecule has 2 aromatic carbocycles. The third-order valence-electron chi connectivity index (χ3n) is 4.30. The zero-order chi connectivity index (χ0) is 19.7. The van der Waals surface area contributed by atoms with Crippen molar-refractivity contribution in [3.05, 3.63) is 69.3 Å². The monoisotopic (exact) mass is 494 g/mol. The number of hydrogen-bond donors (Lipinski definition) is 1. The van der Waals surface area contributed by atoms with Gasteiger partial charge in [0, 0.05) is 21.5 Å². The molecule has 0 fully saturated rings. The van der Waals surface area contributed by atoms with Gasteiger partial charge < -0.3 is 14.1 Å². The molecule has 0 aliphatic heterocycles. The van der Waals surface area contributed by atoms with Crippen LogP contribution in [0.1, 0.15) is 25.2 Å². The molecule has 29 heavy (non-hydrogen) atoms. The molecule has 2 aromatic heterocycles. The number of benzene rings is 2. The van der Waals surface area contributed by atoms with Gasteiger partial charge >= 0.3 is 0 Å². The van der Waals surface area contributed by atoms with E-state index in [0.29, 0.717) is 35.6 Å². The average molecular weight is 496 g/mol. The third kappa shape index (κ3) is 5.16. The van der Waals surface area contributed by atoms with Crippen LogP contribution in [-0.2, 0) is 6.42 Å². The number of H-pyrrole nitrogens is 1. The molecule has 0 saturated heterocycles. The molecule has 0 amide bonds. The van der Waals surface area contributed by atoms with E-state index in [0.717, 1.165) is 32.6 Å². The van der Waals surface area contributed by atoms with E-state index in [4.69, 9.17) is 20.8 Å². The molecular formula is C22H21BrCl2N2O2. The number of rotatable bonds is 6. The van der Waals surface area contributed by atoms with Crippen molar-refractivity contribution in [3.8, 4) is 17.3 Å². The van der Waals surface area contributed by atoms with Gasteiger partial charge in [-0.2, -0.15) is 0 Å². The predicted octanol–water partition coefficient (Wildman–Crippen LogP) is 7.29. The Hall–Kier alpha value is -1.95. The molecule has 1 N–H and O–H groups in total. The summed E-state index contributed by atoms with van der Waals surface area (Å²) in [7, 11) is 0. The Morgan fingerprint density at radius 1 is 1.14 bits per heavy atom. The second-order valence-corrected chi connectivity index (χ2v) is 8.50. The van der Waals surface area contributed by atoms with E-state index in [1.807, 2.05) is 48.5 Å². The highest BCUT2D eigenvalue weighted by Gasteiger charge is 2.13. The van der Waals surface area contributed by atoms with Crippen LogP contribution in [0.2, 0.25) is 5.02 Å². The van der Waals surface area contributed by atoms with Crippen molar-refractivity contribution >= 4 is 51.0 Å². The van der Waals surface area contributed by atoms with Crippen LogP contribution in [-0.4, -0.2) is 16.6 Å². The van der Waals surface area contributed by atoms with Gasteiger partial charge in [-0.1, -0.05) is 41.4 Å². The van der Waals surface area contributed by atoms with Crippen molar-refractivity contribution in [2.45, 2.75) is 20.3 Å². The first-order valence-corrected chi connectivity index (χ1v) is 10.3. The van der Waals surface area contributed by atoms with Crippen LogP contribution in [0.15, 0.2) is 57.4 Å². The standard InChI is InChI=1S/C22H20BrClN2O2.ClH/c1-13(2)12-27-20-7-4-16(24)9-14(20)10-17-5-8-21(28-17)22-25-18-6-3-15(23)11-19(18)26-22;/h3-9,11,13H,10,12H2,1-2H3,(H,25,26);1H. The van der Waals surface area contributed by atoms with E-state index < -0.39 is 0 Å². The lowest BCUT2D eigenvalue weighted by molar-refractivity contribution is 0.268. The first-order chi connectivity index (χ1) is 13.5. The van der Waals surface area contributed by atoms with Gasteiger partial charge in [-0.25, -0.2) is 4.98 Å². The Balaban J connectivity index is 0.00000240.